The molecule has 0 spiro atoms. The highest BCUT2D eigenvalue weighted by atomic mass is 35.5. The summed E-state index contributed by atoms with van der Waals surface area (Å²) in [7, 11) is 0. The summed E-state index contributed by atoms with van der Waals surface area (Å²) in [4.78, 5) is 12.5. The summed E-state index contributed by atoms with van der Waals surface area (Å²) >= 11 is 6.07. The van der Waals surface area contributed by atoms with E-state index in [1.54, 1.807) is 54.6 Å². The topological polar surface area (TPSA) is 62.1 Å². The molecule has 0 aliphatic carbocycles. The second-order valence-corrected chi connectivity index (χ2v) is 7.08. The van der Waals surface area contributed by atoms with E-state index < -0.39 is 5.91 Å². The Morgan fingerprint density at radius 2 is 1.87 bits per heavy atom. The molecule has 4 nitrogen and oxygen atoms in total. The molecule has 0 radical (unpaired) electrons. The molecule has 0 saturated heterocycles. The van der Waals surface area contributed by atoms with E-state index in [0.29, 0.717) is 40.6 Å². The van der Waals surface area contributed by atoms with Gasteiger partial charge in [-0.3, -0.25) is 4.79 Å². The molecule has 3 aromatic rings. The average Bonchev–Trinajstić information content (AvgIpc) is 2.77. The van der Waals surface area contributed by atoms with E-state index in [9.17, 15) is 14.4 Å². The minimum atomic E-state index is -0.566. The van der Waals surface area contributed by atoms with Crippen molar-refractivity contribution in [2.24, 2.45) is 0 Å². The number of hydrogen-bond acceptors (Lipinski definition) is 3. The van der Waals surface area contributed by atoms with Gasteiger partial charge in [0.1, 0.15) is 23.2 Å². The summed E-state index contributed by atoms with van der Waals surface area (Å²) in [5, 5.41) is 12.5. The lowest BCUT2D eigenvalue weighted by Gasteiger charge is -2.12. The van der Waals surface area contributed by atoms with Crippen molar-refractivity contribution in [1.82, 2.24) is 0 Å². The lowest BCUT2D eigenvalue weighted by molar-refractivity contribution is -0.112. The molecule has 0 atom stereocenters. The maximum atomic E-state index is 14.0. The molecule has 0 aliphatic rings. The van der Waals surface area contributed by atoms with Crippen molar-refractivity contribution in [2.45, 2.75) is 13.3 Å². The Kier molecular flexibility index (Phi) is 7.42. The fraction of sp³-hybridized carbons (Fsp3) is 0.120. The molecule has 1 amide bonds. The quantitative estimate of drug-likeness (QED) is 0.365. The Morgan fingerprint density at radius 3 is 2.58 bits per heavy atom. The van der Waals surface area contributed by atoms with Gasteiger partial charge in [-0.05, 0) is 54.0 Å². The van der Waals surface area contributed by atoms with Crippen LogP contribution >= 0.6 is 11.6 Å². The molecule has 3 rings (SSSR count). The molecule has 0 saturated carbocycles. The van der Waals surface area contributed by atoms with Crippen LogP contribution in [0.4, 0.5) is 10.1 Å². The molecular weight excluding hydrogens is 415 g/mol. The molecule has 0 unspecified atom stereocenters. The first-order valence-corrected chi connectivity index (χ1v) is 10.1. The minimum Gasteiger partial charge on any atom is -0.494 e. The summed E-state index contributed by atoms with van der Waals surface area (Å²) in [5.74, 6) is -0.274. The largest absolute Gasteiger partial charge is 0.494 e. The number of nitrogens with zero attached hydrogens (tertiary/aromatic N) is 1. The van der Waals surface area contributed by atoms with Gasteiger partial charge in [-0.1, -0.05) is 54.1 Å². The first-order chi connectivity index (χ1) is 15.0. The number of carbonyl (C=O) groups excluding carboxylic acids is 1. The van der Waals surface area contributed by atoms with Crippen LogP contribution in [0.15, 0.2) is 72.3 Å². The number of nitrogens with one attached hydrogen (secondary N) is 1. The Labute approximate surface area is 185 Å². The monoisotopic (exact) mass is 434 g/mol. The summed E-state index contributed by atoms with van der Waals surface area (Å²) in [5.41, 5.74) is 2.33. The molecule has 6 heteroatoms. The molecule has 1 N–H and O–H groups in total. The van der Waals surface area contributed by atoms with E-state index in [1.165, 1.54) is 12.1 Å². The zero-order chi connectivity index (χ0) is 22.2. The third kappa shape index (κ3) is 5.71. The second-order valence-electron chi connectivity index (χ2n) is 6.67. The molecular formula is C25H20ClFN2O2. The standard InChI is InChI=1S/C25H20ClFN2O2/c1-2-31-24-14-17(11-12-19(24)15-18-7-3-5-9-22(18)27)13-20(16-28)25(30)29-23-10-6-4-8-21(23)26/h3-14H,2,15H2,1H3,(H,29,30)/b20-13+. The number of ether oxygens (including phenoxy) is 1. The summed E-state index contributed by atoms with van der Waals surface area (Å²) in [6, 6.07) is 20.6. The van der Waals surface area contributed by atoms with Gasteiger partial charge in [0.15, 0.2) is 0 Å². The van der Waals surface area contributed by atoms with Crippen LogP contribution in [-0.2, 0) is 11.2 Å². The number of hydrogen-bond donors (Lipinski definition) is 1. The SMILES string of the molecule is CCOc1cc(/C=C(\C#N)C(=O)Nc2ccccc2Cl)ccc1Cc1ccccc1F. The number of halogens is 2. The Hall–Kier alpha value is -3.62. The zero-order valence-corrected chi connectivity index (χ0v) is 17.6. The third-order valence-corrected chi connectivity index (χ3v) is 4.86. The van der Waals surface area contributed by atoms with Crippen LogP contribution in [0.2, 0.25) is 5.02 Å². The molecule has 0 aliphatic heterocycles. The van der Waals surface area contributed by atoms with E-state index in [0.717, 1.165) is 5.56 Å². The first kappa shape index (κ1) is 22.1. The van der Waals surface area contributed by atoms with Crippen LogP contribution in [-0.4, -0.2) is 12.5 Å². The van der Waals surface area contributed by atoms with Crippen molar-refractivity contribution in [3.8, 4) is 11.8 Å². The first-order valence-electron chi connectivity index (χ1n) is 9.68. The summed E-state index contributed by atoms with van der Waals surface area (Å²) < 4.78 is 19.8. The second kappa shape index (κ2) is 10.4. The number of benzene rings is 3. The Morgan fingerprint density at radius 1 is 1.13 bits per heavy atom. The number of nitriles is 1. The molecule has 3 aromatic carbocycles. The van der Waals surface area contributed by atoms with Crippen LogP contribution in [0, 0.1) is 17.1 Å². The van der Waals surface area contributed by atoms with Gasteiger partial charge in [0.05, 0.1) is 17.3 Å². The zero-order valence-electron chi connectivity index (χ0n) is 16.9. The van der Waals surface area contributed by atoms with Crippen LogP contribution in [0.1, 0.15) is 23.6 Å². The van der Waals surface area contributed by atoms with Crippen LogP contribution in [0.3, 0.4) is 0 Å². The number of anilines is 1. The predicted molar refractivity (Wildman–Crippen MR) is 120 cm³/mol. The number of carbonyl (C=O) groups is 1. The molecule has 0 heterocycles. The van der Waals surface area contributed by atoms with Gasteiger partial charge in [0.2, 0.25) is 0 Å². The van der Waals surface area contributed by atoms with Crippen LogP contribution in [0.25, 0.3) is 6.08 Å². The molecule has 31 heavy (non-hydrogen) atoms. The lowest BCUT2D eigenvalue weighted by atomic mass is 10.0. The van der Waals surface area contributed by atoms with E-state index in [2.05, 4.69) is 5.32 Å². The van der Waals surface area contributed by atoms with Crippen molar-refractivity contribution in [1.29, 1.82) is 5.26 Å². The highest BCUT2D eigenvalue weighted by molar-refractivity contribution is 6.34. The highest BCUT2D eigenvalue weighted by Gasteiger charge is 2.13. The number of rotatable bonds is 7. The minimum absolute atomic E-state index is 0.0794. The third-order valence-electron chi connectivity index (χ3n) is 4.53. The van der Waals surface area contributed by atoms with Gasteiger partial charge < -0.3 is 10.1 Å². The predicted octanol–water partition coefficient (Wildman–Crippen LogP) is 6.01. The molecule has 0 aromatic heterocycles. The van der Waals surface area contributed by atoms with Gasteiger partial charge in [-0.2, -0.15) is 5.26 Å². The Balaban J connectivity index is 1.87. The van der Waals surface area contributed by atoms with Crippen molar-refractivity contribution in [3.05, 3.63) is 99.8 Å². The molecule has 156 valence electrons. The van der Waals surface area contributed by atoms with E-state index in [1.807, 2.05) is 19.1 Å². The fourth-order valence-corrected chi connectivity index (χ4v) is 3.19. The maximum Gasteiger partial charge on any atom is 0.266 e. The molecule has 0 bridgehead atoms. The van der Waals surface area contributed by atoms with Gasteiger partial charge in [0.25, 0.3) is 5.91 Å². The summed E-state index contributed by atoms with van der Waals surface area (Å²) in [6.07, 6.45) is 1.84. The number of para-hydroxylation sites is 1. The van der Waals surface area contributed by atoms with Gasteiger partial charge in [-0.15, -0.1) is 0 Å². The van der Waals surface area contributed by atoms with Crippen LogP contribution < -0.4 is 10.1 Å². The lowest BCUT2D eigenvalue weighted by Crippen LogP contribution is -2.13. The van der Waals surface area contributed by atoms with Crippen molar-refractivity contribution < 1.29 is 13.9 Å². The van der Waals surface area contributed by atoms with Gasteiger partial charge >= 0.3 is 0 Å². The van der Waals surface area contributed by atoms with E-state index in [-0.39, 0.29) is 11.4 Å². The van der Waals surface area contributed by atoms with Crippen molar-refractivity contribution in [2.75, 3.05) is 11.9 Å². The summed E-state index contributed by atoms with van der Waals surface area (Å²) in [6.45, 7) is 2.28. The normalized spacial score (nSPS) is 11.0. The van der Waals surface area contributed by atoms with Crippen LogP contribution in [0.5, 0.6) is 5.75 Å². The van der Waals surface area contributed by atoms with Gasteiger partial charge in [-0.25, -0.2) is 4.39 Å². The number of amides is 1. The highest BCUT2D eigenvalue weighted by Crippen LogP contribution is 2.26. The van der Waals surface area contributed by atoms with Gasteiger partial charge in [0, 0.05) is 6.42 Å². The van der Waals surface area contributed by atoms with Crippen molar-refractivity contribution in [3.63, 3.8) is 0 Å². The van der Waals surface area contributed by atoms with Crippen molar-refractivity contribution >= 4 is 29.3 Å². The molecule has 0 fully saturated rings. The average molecular weight is 435 g/mol. The smallest absolute Gasteiger partial charge is 0.266 e. The fourth-order valence-electron chi connectivity index (χ4n) is 3.01. The Bertz CT molecular complexity index is 1170. The van der Waals surface area contributed by atoms with E-state index in [4.69, 9.17) is 16.3 Å². The van der Waals surface area contributed by atoms with E-state index >= 15 is 0 Å². The maximum absolute atomic E-state index is 14.0.